The Labute approximate surface area is 157 Å². The van der Waals surface area contributed by atoms with Gasteiger partial charge in [0.1, 0.15) is 5.60 Å². The lowest BCUT2D eigenvalue weighted by Crippen LogP contribution is -2.54. The molecule has 1 aromatic carbocycles. The molecule has 5 heteroatoms. The zero-order chi connectivity index (χ0) is 18.6. The van der Waals surface area contributed by atoms with E-state index in [2.05, 4.69) is 40.1 Å². The second kappa shape index (κ2) is 8.40. The second-order valence-corrected chi connectivity index (χ2v) is 8.50. The number of nitrogens with zero attached hydrogens (tertiary/aromatic N) is 3. The average Bonchev–Trinajstić information content (AvgIpc) is 2.62. The van der Waals surface area contributed by atoms with Crippen molar-refractivity contribution in [1.82, 2.24) is 14.7 Å². The standard InChI is InChI=1S/C21H33N3O2/c1-21(2,3)26-20(25)24-15-13-23(14-16-24)19-9-11-22(12-10-19)17-18-7-5-4-6-8-18/h4-8,19H,9-17H2,1-3H3. The Balaban J connectivity index is 1.40. The summed E-state index contributed by atoms with van der Waals surface area (Å²) in [5.41, 5.74) is 0.983. The summed E-state index contributed by atoms with van der Waals surface area (Å²) in [6.07, 6.45) is 2.27. The zero-order valence-electron chi connectivity index (χ0n) is 16.5. The van der Waals surface area contributed by atoms with Crippen LogP contribution >= 0.6 is 0 Å². The van der Waals surface area contributed by atoms with Gasteiger partial charge in [-0.15, -0.1) is 0 Å². The summed E-state index contributed by atoms with van der Waals surface area (Å²) in [5.74, 6) is 0. The average molecular weight is 360 g/mol. The van der Waals surface area contributed by atoms with E-state index in [1.54, 1.807) is 0 Å². The van der Waals surface area contributed by atoms with Crippen LogP contribution in [0.5, 0.6) is 0 Å². The van der Waals surface area contributed by atoms with Crippen LogP contribution in [0, 0.1) is 0 Å². The number of amides is 1. The van der Waals surface area contributed by atoms with E-state index in [1.807, 2.05) is 25.7 Å². The Morgan fingerprint density at radius 3 is 2.19 bits per heavy atom. The minimum atomic E-state index is -0.417. The SMILES string of the molecule is CC(C)(C)OC(=O)N1CCN(C2CCN(Cc3ccccc3)CC2)CC1. The topological polar surface area (TPSA) is 36.0 Å². The number of ether oxygens (including phenoxy) is 1. The summed E-state index contributed by atoms with van der Waals surface area (Å²) >= 11 is 0. The van der Waals surface area contributed by atoms with Gasteiger partial charge in [0.15, 0.2) is 0 Å². The van der Waals surface area contributed by atoms with Crippen molar-refractivity contribution in [3.63, 3.8) is 0 Å². The quantitative estimate of drug-likeness (QED) is 0.830. The van der Waals surface area contributed by atoms with Crippen LogP contribution in [0.4, 0.5) is 4.79 Å². The molecule has 0 bridgehead atoms. The molecule has 0 unspecified atom stereocenters. The molecule has 2 fully saturated rings. The van der Waals surface area contributed by atoms with E-state index >= 15 is 0 Å². The van der Waals surface area contributed by atoms with Gasteiger partial charge in [0.05, 0.1) is 0 Å². The van der Waals surface area contributed by atoms with Crippen LogP contribution in [0.2, 0.25) is 0 Å². The highest BCUT2D eigenvalue weighted by Gasteiger charge is 2.30. The maximum absolute atomic E-state index is 12.2. The van der Waals surface area contributed by atoms with Crippen molar-refractivity contribution in [2.75, 3.05) is 39.3 Å². The molecule has 2 heterocycles. The predicted octanol–water partition coefficient (Wildman–Crippen LogP) is 3.20. The van der Waals surface area contributed by atoms with Crippen LogP contribution in [0.15, 0.2) is 30.3 Å². The fourth-order valence-electron chi connectivity index (χ4n) is 3.88. The fraction of sp³-hybridized carbons (Fsp3) is 0.667. The van der Waals surface area contributed by atoms with Gasteiger partial charge in [-0.05, 0) is 52.3 Å². The molecule has 0 spiro atoms. The van der Waals surface area contributed by atoms with Crippen molar-refractivity contribution in [3.8, 4) is 0 Å². The van der Waals surface area contributed by atoms with Crippen molar-refractivity contribution in [1.29, 1.82) is 0 Å². The lowest BCUT2D eigenvalue weighted by Gasteiger charge is -2.42. The van der Waals surface area contributed by atoms with E-state index in [4.69, 9.17) is 4.74 Å². The molecule has 0 aliphatic carbocycles. The van der Waals surface area contributed by atoms with Gasteiger partial charge in [-0.1, -0.05) is 30.3 Å². The van der Waals surface area contributed by atoms with E-state index < -0.39 is 5.60 Å². The third-order valence-electron chi connectivity index (χ3n) is 5.29. The predicted molar refractivity (Wildman–Crippen MR) is 104 cm³/mol. The van der Waals surface area contributed by atoms with E-state index in [9.17, 15) is 4.79 Å². The Kier molecular flexibility index (Phi) is 6.20. The van der Waals surface area contributed by atoms with Crippen LogP contribution in [0.25, 0.3) is 0 Å². The van der Waals surface area contributed by atoms with Crippen molar-refractivity contribution in [2.24, 2.45) is 0 Å². The fourth-order valence-corrected chi connectivity index (χ4v) is 3.88. The molecule has 3 rings (SSSR count). The molecule has 0 saturated carbocycles. The maximum Gasteiger partial charge on any atom is 0.410 e. The van der Waals surface area contributed by atoms with Gasteiger partial charge in [0.25, 0.3) is 0 Å². The molecule has 2 aliphatic heterocycles. The van der Waals surface area contributed by atoms with Gasteiger partial charge in [0.2, 0.25) is 0 Å². The summed E-state index contributed by atoms with van der Waals surface area (Å²) in [6, 6.07) is 11.4. The molecule has 0 atom stereocenters. The van der Waals surface area contributed by atoms with Crippen LogP contribution in [-0.4, -0.2) is 71.7 Å². The van der Waals surface area contributed by atoms with Crippen molar-refractivity contribution in [2.45, 2.75) is 51.8 Å². The monoisotopic (exact) mass is 359 g/mol. The minimum Gasteiger partial charge on any atom is -0.444 e. The van der Waals surface area contributed by atoms with E-state index in [1.165, 1.54) is 18.4 Å². The molecule has 0 N–H and O–H groups in total. The molecule has 144 valence electrons. The van der Waals surface area contributed by atoms with Crippen molar-refractivity contribution in [3.05, 3.63) is 35.9 Å². The maximum atomic E-state index is 12.2. The van der Waals surface area contributed by atoms with Gasteiger partial charge in [0, 0.05) is 38.8 Å². The Morgan fingerprint density at radius 2 is 1.62 bits per heavy atom. The largest absolute Gasteiger partial charge is 0.444 e. The number of hydrogen-bond acceptors (Lipinski definition) is 4. The third kappa shape index (κ3) is 5.45. The molecule has 1 amide bonds. The molecular weight excluding hydrogens is 326 g/mol. The Bertz CT molecular complexity index is 569. The van der Waals surface area contributed by atoms with Crippen LogP contribution in [0.1, 0.15) is 39.2 Å². The second-order valence-electron chi connectivity index (χ2n) is 8.50. The Morgan fingerprint density at radius 1 is 1.00 bits per heavy atom. The summed E-state index contributed by atoms with van der Waals surface area (Å²) in [5, 5.41) is 0. The summed E-state index contributed by atoms with van der Waals surface area (Å²) in [7, 11) is 0. The van der Waals surface area contributed by atoms with Crippen LogP contribution < -0.4 is 0 Å². The number of benzene rings is 1. The smallest absolute Gasteiger partial charge is 0.410 e. The highest BCUT2D eigenvalue weighted by molar-refractivity contribution is 5.68. The Hall–Kier alpha value is -1.59. The zero-order valence-corrected chi connectivity index (χ0v) is 16.5. The molecule has 5 nitrogen and oxygen atoms in total. The third-order valence-corrected chi connectivity index (χ3v) is 5.29. The lowest BCUT2D eigenvalue weighted by molar-refractivity contribution is 0.00558. The van der Waals surface area contributed by atoms with Gasteiger partial charge < -0.3 is 9.64 Å². The van der Waals surface area contributed by atoms with E-state index in [0.29, 0.717) is 6.04 Å². The van der Waals surface area contributed by atoms with Gasteiger partial charge in [-0.3, -0.25) is 9.80 Å². The number of hydrogen-bond donors (Lipinski definition) is 0. The number of piperidine rings is 1. The highest BCUT2D eigenvalue weighted by atomic mass is 16.6. The molecule has 0 aromatic heterocycles. The van der Waals surface area contributed by atoms with Gasteiger partial charge in [-0.2, -0.15) is 0 Å². The van der Waals surface area contributed by atoms with Gasteiger partial charge in [-0.25, -0.2) is 4.79 Å². The van der Waals surface area contributed by atoms with Crippen molar-refractivity contribution >= 4 is 6.09 Å². The number of piperazine rings is 1. The molecule has 26 heavy (non-hydrogen) atoms. The molecular formula is C21H33N3O2. The molecule has 0 radical (unpaired) electrons. The molecule has 2 aliphatic rings. The number of carbonyl (C=O) groups excluding carboxylic acids is 1. The van der Waals surface area contributed by atoms with Gasteiger partial charge >= 0.3 is 6.09 Å². The van der Waals surface area contributed by atoms with E-state index in [-0.39, 0.29) is 6.09 Å². The number of carbonyl (C=O) groups is 1. The highest BCUT2D eigenvalue weighted by Crippen LogP contribution is 2.20. The number of rotatable bonds is 3. The first-order chi connectivity index (χ1) is 12.4. The van der Waals surface area contributed by atoms with E-state index in [0.717, 1.165) is 45.8 Å². The van der Waals surface area contributed by atoms with Crippen LogP contribution in [0.3, 0.4) is 0 Å². The molecule has 2 saturated heterocycles. The first-order valence-electron chi connectivity index (χ1n) is 9.89. The van der Waals surface area contributed by atoms with Crippen molar-refractivity contribution < 1.29 is 9.53 Å². The molecule has 1 aromatic rings. The lowest BCUT2D eigenvalue weighted by atomic mass is 10.0. The summed E-state index contributed by atoms with van der Waals surface area (Å²) in [4.78, 5) is 19.2. The minimum absolute atomic E-state index is 0.171. The number of likely N-dealkylation sites (tertiary alicyclic amines) is 1. The first-order valence-corrected chi connectivity index (χ1v) is 9.89. The normalized spacial score (nSPS) is 21.0. The first kappa shape index (κ1) is 19.2. The van der Waals surface area contributed by atoms with Crippen LogP contribution in [-0.2, 0) is 11.3 Å². The summed E-state index contributed by atoms with van der Waals surface area (Å²) < 4.78 is 5.49. The summed E-state index contributed by atoms with van der Waals surface area (Å²) in [6.45, 7) is 12.6.